The first-order valence-electron chi connectivity index (χ1n) is 48.2. The molecule has 0 saturated heterocycles. The molecule has 6 atom stereocenters. The van der Waals surface area contributed by atoms with Gasteiger partial charge >= 0.3 is 0 Å². The lowest BCUT2D eigenvalue weighted by Gasteiger charge is -2.31. The lowest BCUT2D eigenvalue weighted by molar-refractivity contribution is 0.392. The lowest BCUT2D eigenvalue weighted by Crippen LogP contribution is -2.23. The van der Waals surface area contributed by atoms with Gasteiger partial charge in [-0.1, -0.05) is 371 Å². The highest BCUT2D eigenvalue weighted by Crippen LogP contribution is 2.50. The minimum atomic E-state index is -0.112. The zero-order valence-electron chi connectivity index (χ0n) is 84.2. The standard InChI is InChI=1S/C40H64O2S2.C38H60O2S2.C34H52O2S2/c1-37(2,3)23-27-19-31(39(7,8)9)21-29(35(27)41)25-43-33-17-15-13-14-16-18-34(33)44-26-30-22-32(40(10,11)12)20-28(36(30)42)24-38(4,5)6;1-35(2,3)27-19-25(33(39)29(21-27)37(7,8)9)23-41-31-17-15-13-14-16-18-32(31)42-24-26-20-28(36(4,5)6)22-30(34(26)40)38(10,11)12;1-21(2)25-15-27(33(35)29(17-25)23(5)6)19-37-31-13-11-9-10-12-14-32(31)38-20-28-16-26(22(3)4)18-30(24(7)8)34(28)36/h19-22,33-34,41-42H,13-18,23-26H2,1-12H3;19-22,31-32,39-40H,13-18,23-24H2,1-12H3;15-18,21-24,31-32,35-36H,9-14,19-20H2,1-8H3/t33-,34?;2*31-,32?/m000/s1. The summed E-state index contributed by atoms with van der Waals surface area (Å²) in [6.45, 7) is 71.6. The number of rotatable bonds is 24. The molecule has 0 amide bonds. The molecule has 0 aliphatic heterocycles. The molecule has 9 rings (SSSR count). The summed E-state index contributed by atoms with van der Waals surface area (Å²) in [4.78, 5) is 0. The van der Waals surface area contributed by atoms with Crippen molar-refractivity contribution in [2.45, 2.75) is 472 Å². The van der Waals surface area contributed by atoms with E-state index in [2.05, 4.69) is 318 Å². The Hall–Kier alpha value is -3.78. The molecule has 3 fully saturated rings. The van der Waals surface area contributed by atoms with E-state index in [0.717, 1.165) is 114 Å². The van der Waals surface area contributed by atoms with E-state index in [0.29, 0.717) is 89.7 Å². The fraction of sp³-hybridized carbons (Fsp3) is 0.679. The Morgan fingerprint density at radius 3 is 0.629 bits per heavy atom. The van der Waals surface area contributed by atoms with Crippen LogP contribution in [-0.4, -0.2) is 62.1 Å². The van der Waals surface area contributed by atoms with Gasteiger partial charge in [-0.15, -0.1) is 0 Å². The van der Waals surface area contributed by atoms with Gasteiger partial charge in [0.25, 0.3) is 0 Å². The number of hydrogen-bond donors (Lipinski definition) is 6. The van der Waals surface area contributed by atoms with Crippen molar-refractivity contribution in [1.29, 1.82) is 0 Å². The quantitative estimate of drug-likeness (QED) is 0.0346. The van der Waals surface area contributed by atoms with E-state index in [-0.39, 0.29) is 43.3 Å². The summed E-state index contributed by atoms with van der Waals surface area (Å²) in [6.07, 6.45) is 24.7. The molecule has 3 unspecified atom stereocenters. The third-order valence-corrected chi connectivity index (χ3v) is 35.0. The van der Waals surface area contributed by atoms with Gasteiger partial charge in [-0.05, 0) is 185 Å². The third-order valence-electron chi connectivity index (χ3n) is 25.6. The number of thioether (sulfide) groups is 6. The maximum Gasteiger partial charge on any atom is 0.123 e. The van der Waals surface area contributed by atoms with Crippen molar-refractivity contribution in [2.75, 3.05) is 0 Å². The minimum absolute atomic E-state index is 0.0290. The van der Waals surface area contributed by atoms with E-state index < -0.39 is 0 Å². The molecule has 6 aromatic carbocycles. The smallest absolute Gasteiger partial charge is 0.123 e. The molecule has 0 heterocycles. The first-order chi connectivity index (χ1) is 57.3. The van der Waals surface area contributed by atoms with Gasteiger partial charge in [0.15, 0.2) is 0 Å². The monoisotopic (exact) mass is 1810 g/mol. The molecule has 6 N–H and O–H groups in total. The Labute approximate surface area is 785 Å². The van der Waals surface area contributed by atoms with Crippen LogP contribution in [0.1, 0.15) is 461 Å². The van der Waals surface area contributed by atoms with Crippen LogP contribution in [0.4, 0.5) is 0 Å². The second-order valence-corrected chi connectivity index (χ2v) is 54.6. The minimum Gasteiger partial charge on any atom is -0.507 e. The van der Waals surface area contributed by atoms with Gasteiger partial charge in [-0.25, -0.2) is 0 Å². The van der Waals surface area contributed by atoms with E-state index in [1.165, 1.54) is 149 Å². The molecular weight excluding hydrogens is 1630 g/mol. The van der Waals surface area contributed by atoms with Crippen LogP contribution in [0.3, 0.4) is 0 Å². The maximum absolute atomic E-state index is 11.5. The SMILES string of the molecule is CC(C)(C)Cc1cc(C(C)(C)C)cc(CSC2CCCCCC[C@@H]2SCc2cc(C(C)(C)C)cc(CC(C)(C)C)c2O)c1O.CC(C)(C)c1cc(CSC2CCCCCC[C@@H]2SCc2cc(C(C)(C)C)cc(C(C)(C)C)c2O)c(O)c(C(C)(C)C)c1.CC(C)c1cc(CSC2CCCCCC[C@@H]2SCc2cc(C(C)C)cc(C(C)C)c2O)c(O)c(C(C)C)c1. The summed E-state index contributed by atoms with van der Waals surface area (Å²) in [5, 5.41) is 71.3. The summed E-state index contributed by atoms with van der Waals surface area (Å²) < 4.78 is 0. The molecule has 124 heavy (non-hydrogen) atoms. The summed E-state index contributed by atoms with van der Waals surface area (Å²) in [5.41, 5.74) is 21.0. The molecule has 0 spiro atoms. The number of benzene rings is 6. The first-order valence-corrected chi connectivity index (χ1v) is 54.5. The van der Waals surface area contributed by atoms with Crippen molar-refractivity contribution >= 4 is 70.6 Å². The average molecular weight is 1810 g/mol. The van der Waals surface area contributed by atoms with Gasteiger partial charge in [0.05, 0.1) is 0 Å². The van der Waals surface area contributed by atoms with Crippen LogP contribution in [0.25, 0.3) is 0 Å². The van der Waals surface area contributed by atoms with Crippen molar-refractivity contribution < 1.29 is 30.6 Å². The van der Waals surface area contributed by atoms with Crippen molar-refractivity contribution in [3.05, 3.63) is 173 Å². The highest BCUT2D eigenvalue weighted by molar-refractivity contribution is 8.04. The predicted octanol–water partition coefficient (Wildman–Crippen LogP) is 34.5. The summed E-state index contributed by atoms with van der Waals surface area (Å²) >= 11 is 12.3. The second-order valence-electron chi connectivity index (χ2n) is 47.3. The zero-order valence-corrected chi connectivity index (χ0v) is 89.1. The van der Waals surface area contributed by atoms with Gasteiger partial charge in [0.2, 0.25) is 0 Å². The van der Waals surface area contributed by atoms with Gasteiger partial charge in [-0.3, -0.25) is 0 Å². The van der Waals surface area contributed by atoms with Crippen molar-refractivity contribution in [3.63, 3.8) is 0 Å². The van der Waals surface area contributed by atoms with E-state index in [4.69, 9.17) is 0 Å². The fourth-order valence-electron chi connectivity index (χ4n) is 17.5. The molecule has 3 aliphatic carbocycles. The topological polar surface area (TPSA) is 121 Å². The Morgan fingerprint density at radius 1 is 0.234 bits per heavy atom. The number of hydrogen-bond acceptors (Lipinski definition) is 12. The van der Waals surface area contributed by atoms with Crippen molar-refractivity contribution in [1.82, 2.24) is 0 Å². The van der Waals surface area contributed by atoms with Gasteiger partial charge in [-0.2, -0.15) is 70.6 Å². The van der Waals surface area contributed by atoms with Crippen LogP contribution in [-0.2, 0) is 79.8 Å². The Morgan fingerprint density at radius 2 is 0.435 bits per heavy atom. The van der Waals surface area contributed by atoms with Crippen LogP contribution in [0.5, 0.6) is 34.5 Å². The van der Waals surface area contributed by atoms with Crippen LogP contribution in [0.2, 0.25) is 0 Å². The summed E-state index contributed by atoms with van der Waals surface area (Å²) in [6, 6.07) is 26.9. The van der Waals surface area contributed by atoms with Crippen LogP contribution >= 0.6 is 70.6 Å². The van der Waals surface area contributed by atoms with Crippen molar-refractivity contribution in [2.24, 2.45) is 10.8 Å². The van der Waals surface area contributed by atoms with E-state index in [9.17, 15) is 30.6 Å². The number of phenols is 6. The fourth-order valence-corrected chi connectivity index (χ4v) is 26.7. The molecular formula is C112H176O6S6. The van der Waals surface area contributed by atoms with Crippen LogP contribution < -0.4 is 0 Å². The van der Waals surface area contributed by atoms with E-state index in [1.54, 1.807) is 0 Å². The molecule has 3 saturated carbocycles. The molecule has 3 aliphatic rings. The normalized spacial score (nSPS) is 19.2. The Balaban J connectivity index is 0.000000256. The Kier molecular flexibility index (Phi) is 39.8. The van der Waals surface area contributed by atoms with Crippen LogP contribution in [0, 0.1) is 10.8 Å². The average Bonchev–Trinajstić information content (AvgIpc) is 0.786. The lowest BCUT2D eigenvalue weighted by atomic mass is 9.79. The van der Waals surface area contributed by atoms with Gasteiger partial charge < -0.3 is 30.6 Å². The highest BCUT2D eigenvalue weighted by Gasteiger charge is 2.35. The largest absolute Gasteiger partial charge is 0.507 e. The predicted molar refractivity (Wildman–Crippen MR) is 557 cm³/mol. The van der Waals surface area contributed by atoms with E-state index >= 15 is 0 Å². The van der Waals surface area contributed by atoms with Crippen molar-refractivity contribution in [3.8, 4) is 34.5 Å². The van der Waals surface area contributed by atoms with Crippen LogP contribution in [0.15, 0.2) is 72.8 Å². The second kappa shape index (κ2) is 46.0. The maximum atomic E-state index is 11.5. The summed E-state index contributed by atoms with van der Waals surface area (Å²) in [5.74, 6) is 9.58. The Bertz CT molecular complexity index is 4080. The number of phenolic OH excluding ortho intramolecular Hbond substituents is 6. The first kappa shape index (κ1) is 107. The van der Waals surface area contributed by atoms with Gasteiger partial charge in [0.1, 0.15) is 34.5 Å². The molecule has 12 heteroatoms. The summed E-state index contributed by atoms with van der Waals surface area (Å²) in [7, 11) is 0. The molecule has 0 radical (unpaired) electrons. The number of aromatic hydroxyl groups is 6. The van der Waals surface area contributed by atoms with Gasteiger partial charge in [0, 0.05) is 99.4 Å². The molecule has 6 nitrogen and oxygen atoms in total. The molecule has 6 aromatic rings. The third kappa shape index (κ3) is 32.6. The molecule has 696 valence electrons. The zero-order chi connectivity index (χ0) is 92.7. The highest BCUT2D eigenvalue weighted by atomic mass is 32.2. The van der Waals surface area contributed by atoms with E-state index in [1.807, 2.05) is 47.0 Å². The molecule has 0 aromatic heterocycles. The molecule has 0 bridgehead atoms.